The number of hydrogen-bond acceptors (Lipinski definition) is 6. The van der Waals surface area contributed by atoms with E-state index in [0.717, 1.165) is 22.3 Å². The summed E-state index contributed by atoms with van der Waals surface area (Å²) in [4.78, 5) is 24.1. The van der Waals surface area contributed by atoms with Gasteiger partial charge in [-0.05, 0) is 66.9 Å². The third-order valence-electron chi connectivity index (χ3n) is 5.40. The van der Waals surface area contributed by atoms with Crippen LogP contribution in [0.2, 0.25) is 5.02 Å². The van der Waals surface area contributed by atoms with Crippen LogP contribution >= 0.6 is 22.9 Å². The van der Waals surface area contributed by atoms with Crippen molar-refractivity contribution in [3.8, 4) is 0 Å². The summed E-state index contributed by atoms with van der Waals surface area (Å²) >= 11 is 7.31. The van der Waals surface area contributed by atoms with E-state index >= 15 is 0 Å². The van der Waals surface area contributed by atoms with E-state index in [1.54, 1.807) is 23.2 Å². The minimum atomic E-state index is -3.50. The van der Waals surface area contributed by atoms with Crippen LogP contribution in [-0.4, -0.2) is 30.0 Å². The number of aromatic nitrogens is 2. The first-order valence-electron chi connectivity index (χ1n) is 10.9. The van der Waals surface area contributed by atoms with Crippen molar-refractivity contribution in [3.05, 3.63) is 83.1 Å². The molecule has 0 unspecified atom stereocenters. The molecule has 2 heterocycles. The lowest BCUT2D eigenvalue weighted by molar-refractivity contribution is -0.118. The van der Waals surface area contributed by atoms with Crippen molar-refractivity contribution in [1.82, 2.24) is 9.97 Å². The third-order valence-corrected chi connectivity index (χ3v) is 8.51. The molecule has 2 aromatic carbocycles. The van der Waals surface area contributed by atoms with Gasteiger partial charge < -0.3 is 0 Å². The highest BCUT2D eigenvalue weighted by atomic mass is 35.5. The standard InChI is InChI=1S/C25H24ClN3O3S2/c1-2-18-8-13-22-23(16-18)33-25(28-22)29(17-20-6-3-4-14-27-20)24(30)7-5-15-34(31,32)21-11-9-19(26)10-12-21/h3-4,6,8-14,16H,2,5,7,15,17H2,1H3. The van der Waals surface area contributed by atoms with Gasteiger partial charge in [0.05, 0.1) is 33.1 Å². The van der Waals surface area contributed by atoms with Gasteiger partial charge in [-0.25, -0.2) is 13.4 Å². The Balaban J connectivity index is 1.53. The van der Waals surface area contributed by atoms with Crippen molar-refractivity contribution in [3.63, 3.8) is 0 Å². The van der Waals surface area contributed by atoms with Crippen LogP contribution in [0, 0.1) is 0 Å². The molecule has 4 rings (SSSR count). The van der Waals surface area contributed by atoms with Gasteiger partial charge in [0.1, 0.15) is 0 Å². The quantitative estimate of drug-likeness (QED) is 0.287. The van der Waals surface area contributed by atoms with E-state index in [2.05, 4.69) is 23.0 Å². The molecule has 0 aliphatic carbocycles. The average Bonchev–Trinajstić information content (AvgIpc) is 3.26. The lowest BCUT2D eigenvalue weighted by atomic mass is 10.2. The zero-order valence-electron chi connectivity index (χ0n) is 18.6. The van der Waals surface area contributed by atoms with Crippen LogP contribution in [0.5, 0.6) is 0 Å². The number of sulfone groups is 1. The highest BCUT2D eigenvalue weighted by Gasteiger charge is 2.22. The number of carbonyl (C=O) groups excluding carboxylic acids is 1. The van der Waals surface area contributed by atoms with Gasteiger partial charge in [0, 0.05) is 17.6 Å². The lowest BCUT2D eigenvalue weighted by Crippen LogP contribution is -2.30. The van der Waals surface area contributed by atoms with Crippen LogP contribution in [0.3, 0.4) is 0 Å². The molecule has 0 bridgehead atoms. The van der Waals surface area contributed by atoms with E-state index in [0.29, 0.717) is 10.2 Å². The number of amides is 1. The first-order chi connectivity index (χ1) is 16.4. The van der Waals surface area contributed by atoms with Gasteiger partial charge in [-0.2, -0.15) is 0 Å². The second-order valence-corrected chi connectivity index (χ2v) is 11.4. The number of fused-ring (bicyclic) bond motifs is 1. The second kappa shape index (κ2) is 10.6. The summed E-state index contributed by atoms with van der Waals surface area (Å²) in [7, 11) is -3.50. The smallest absolute Gasteiger partial charge is 0.229 e. The van der Waals surface area contributed by atoms with Crippen molar-refractivity contribution < 1.29 is 13.2 Å². The number of benzene rings is 2. The molecule has 4 aromatic rings. The van der Waals surface area contributed by atoms with Crippen molar-refractivity contribution in [1.29, 1.82) is 0 Å². The van der Waals surface area contributed by atoms with Gasteiger partial charge in [0.25, 0.3) is 0 Å². The predicted octanol–water partition coefficient (Wildman–Crippen LogP) is 5.69. The zero-order valence-corrected chi connectivity index (χ0v) is 21.0. The molecular weight excluding hydrogens is 490 g/mol. The number of pyridine rings is 1. The van der Waals surface area contributed by atoms with E-state index in [9.17, 15) is 13.2 Å². The summed E-state index contributed by atoms with van der Waals surface area (Å²) in [6, 6.07) is 17.7. The second-order valence-electron chi connectivity index (χ2n) is 7.83. The Morgan fingerprint density at radius 3 is 2.59 bits per heavy atom. The molecule has 0 fully saturated rings. The molecule has 2 aromatic heterocycles. The summed E-state index contributed by atoms with van der Waals surface area (Å²) in [6.07, 6.45) is 2.88. The molecule has 9 heteroatoms. The van der Waals surface area contributed by atoms with Crippen LogP contribution < -0.4 is 4.90 Å². The summed E-state index contributed by atoms with van der Waals surface area (Å²) in [5, 5.41) is 1.06. The van der Waals surface area contributed by atoms with E-state index < -0.39 is 9.84 Å². The molecule has 0 atom stereocenters. The predicted molar refractivity (Wildman–Crippen MR) is 137 cm³/mol. The topological polar surface area (TPSA) is 80.2 Å². The Hall–Kier alpha value is -2.81. The number of nitrogens with zero attached hydrogens (tertiary/aromatic N) is 3. The highest BCUT2D eigenvalue weighted by molar-refractivity contribution is 7.91. The van der Waals surface area contributed by atoms with Crippen LogP contribution in [-0.2, 0) is 27.6 Å². The SMILES string of the molecule is CCc1ccc2nc(N(Cc3ccccn3)C(=O)CCCS(=O)(=O)c3ccc(Cl)cc3)sc2c1. The summed E-state index contributed by atoms with van der Waals surface area (Å²) < 4.78 is 26.3. The average molecular weight is 514 g/mol. The maximum atomic E-state index is 13.3. The fourth-order valence-corrected chi connectivity index (χ4v) is 6.00. The Morgan fingerprint density at radius 2 is 1.88 bits per heavy atom. The van der Waals surface area contributed by atoms with Gasteiger partial charge in [-0.1, -0.05) is 42.0 Å². The van der Waals surface area contributed by atoms with Gasteiger partial charge in [0.15, 0.2) is 15.0 Å². The van der Waals surface area contributed by atoms with Crippen LogP contribution in [0.4, 0.5) is 5.13 Å². The molecule has 0 radical (unpaired) electrons. The fourth-order valence-electron chi connectivity index (χ4n) is 3.52. The lowest BCUT2D eigenvalue weighted by Gasteiger charge is -2.19. The zero-order chi connectivity index (χ0) is 24.1. The van der Waals surface area contributed by atoms with Gasteiger partial charge in [-0.3, -0.25) is 14.7 Å². The van der Waals surface area contributed by atoms with Crippen LogP contribution in [0.25, 0.3) is 10.2 Å². The number of halogens is 1. The number of thiazole rings is 1. The summed E-state index contributed by atoms with van der Waals surface area (Å²) in [6.45, 7) is 2.36. The van der Waals surface area contributed by atoms with Gasteiger partial charge in [-0.15, -0.1) is 0 Å². The van der Waals surface area contributed by atoms with Gasteiger partial charge in [0.2, 0.25) is 5.91 Å². The number of anilines is 1. The Kier molecular flexibility index (Phi) is 7.60. The molecule has 34 heavy (non-hydrogen) atoms. The molecule has 0 spiro atoms. The Morgan fingerprint density at radius 1 is 1.09 bits per heavy atom. The summed E-state index contributed by atoms with van der Waals surface area (Å²) in [5.74, 6) is -0.316. The molecule has 1 amide bonds. The number of carbonyl (C=O) groups is 1. The first-order valence-corrected chi connectivity index (χ1v) is 13.8. The van der Waals surface area contributed by atoms with Crippen LogP contribution in [0.15, 0.2) is 71.8 Å². The molecule has 0 aliphatic rings. The monoisotopic (exact) mass is 513 g/mol. The third kappa shape index (κ3) is 5.81. The number of aryl methyl sites for hydroxylation is 1. The fraction of sp³-hybridized carbons (Fsp3) is 0.240. The van der Waals surface area contributed by atoms with Crippen LogP contribution in [0.1, 0.15) is 31.0 Å². The number of hydrogen-bond donors (Lipinski definition) is 0. The van der Waals surface area contributed by atoms with Crippen molar-refractivity contribution in [2.24, 2.45) is 0 Å². The molecule has 6 nitrogen and oxygen atoms in total. The molecule has 0 aliphatic heterocycles. The normalized spacial score (nSPS) is 11.6. The van der Waals surface area contributed by atoms with E-state index in [1.165, 1.54) is 29.0 Å². The van der Waals surface area contributed by atoms with Crippen molar-refractivity contribution in [2.75, 3.05) is 10.7 Å². The number of rotatable bonds is 9. The maximum absolute atomic E-state index is 13.3. The minimum Gasteiger partial charge on any atom is -0.282 e. The Labute approximate surface area is 208 Å². The molecule has 0 saturated carbocycles. The van der Waals surface area contributed by atoms with Crippen molar-refractivity contribution in [2.45, 2.75) is 37.6 Å². The van der Waals surface area contributed by atoms with Crippen molar-refractivity contribution >= 4 is 54.0 Å². The molecule has 0 N–H and O–H groups in total. The Bertz CT molecular complexity index is 1390. The first kappa shape index (κ1) is 24.3. The van der Waals surface area contributed by atoms with E-state index in [1.807, 2.05) is 30.3 Å². The highest BCUT2D eigenvalue weighted by Crippen LogP contribution is 2.31. The molecule has 176 valence electrons. The van der Waals surface area contributed by atoms with E-state index in [4.69, 9.17) is 11.6 Å². The molecule has 0 saturated heterocycles. The van der Waals surface area contributed by atoms with Gasteiger partial charge >= 0.3 is 0 Å². The minimum absolute atomic E-state index is 0.0792. The largest absolute Gasteiger partial charge is 0.282 e. The van der Waals surface area contributed by atoms with E-state index in [-0.39, 0.29) is 35.9 Å². The molecular formula is C25H24ClN3O3S2. The summed E-state index contributed by atoms with van der Waals surface area (Å²) in [5.41, 5.74) is 2.78. The maximum Gasteiger partial charge on any atom is 0.229 e.